The molecule has 0 saturated heterocycles. The Bertz CT molecular complexity index is 2130. The molecule has 0 bridgehead atoms. The first-order valence-electron chi connectivity index (χ1n) is 25.6. The van der Waals surface area contributed by atoms with Crippen LogP contribution in [0.3, 0.4) is 0 Å². The van der Waals surface area contributed by atoms with E-state index in [1.165, 1.54) is 70.6 Å². The van der Waals surface area contributed by atoms with Crippen LogP contribution in [-0.2, 0) is 9.47 Å². The summed E-state index contributed by atoms with van der Waals surface area (Å²) >= 11 is 0. The van der Waals surface area contributed by atoms with Crippen molar-refractivity contribution in [2.75, 3.05) is 0 Å². The average Bonchev–Trinajstić information content (AvgIpc) is 3.84. The van der Waals surface area contributed by atoms with Crippen LogP contribution in [0, 0.1) is 63.1 Å². The zero-order valence-corrected chi connectivity index (χ0v) is 39.9. The first-order chi connectivity index (χ1) is 30.3. The van der Waals surface area contributed by atoms with Crippen LogP contribution in [-0.4, -0.2) is 24.1 Å². The fourth-order valence-electron chi connectivity index (χ4n) is 16.1. The van der Waals surface area contributed by atoms with Gasteiger partial charge in [-0.3, -0.25) is 0 Å². The second kappa shape index (κ2) is 17.6. The molecule has 0 N–H and O–H groups in total. The Morgan fingerprint density at radius 1 is 0.651 bits per heavy atom. The molecule has 0 amide bonds. The van der Waals surface area contributed by atoms with Crippen molar-refractivity contribution in [2.45, 2.75) is 170 Å². The molecule has 0 heterocycles. The lowest BCUT2D eigenvalue weighted by molar-refractivity contribution is -0.0267. The molecule has 2 aromatic rings. The normalized spacial score (nSPS) is 39.8. The van der Waals surface area contributed by atoms with Crippen molar-refractivity contribution in [3.8, 4) is 0 Å². The molecule has 338 valence electrons. The molecule has 0 radical (unpaired) electrons. The minimum atomic E-state index is -0.157. The standard InChI is InChI=1S/C31H42O2.C28H36O2/c1-5-9-21(2)26-14-15-27-25-13-12-23-20-24(33-29(32)22-10-7-6-8-11-22)16-18-30(23,3)28(25)17-19-31(26,27)4;1-4-20-11-13-24-23-12-10-21-18-22(30-26(29)19-8-6-5-7-9-19)14-16-28(21,3)25(23)15-17-27(20,24)2/h6-8,10-11,14,17,21,23-25,27H,5,9,12-13,15-16,18-20H2,1-4H3;4-9,15,21-24H,10-14,16-18H2,1-3H3/b;20-4-/t21-,23-,24-,25+,27+,30+,31-;21-,22-,23+,24+,27-,28+/m11/s1. The lowest BCUT2D eigenvalue weighted by Crippen LogP contribution is -2.48. The largest absolute Gasteiger partial charge is 0.459 e. The second-order valence-electron chi connectivity index (χ2n) is 22.6. The van der Waals surface area contributed by atoms with E-state index in [1.54, 1.807) is 22.3 Å². The van der Waals surface area contributed by atoms with E-state index in [1.807, 2.05) is 60.7 Å². The second-order valence-corrected chi connectivity index (χ2v) is 22.6. The highest BCUT2D eigenvalue weighted by molar-refractivity contribution is 5.89. The van der Waals surface area contributed by atoms with Gasteiger partial charge in [0.05, 0.1) is 11.1 Å². The maximum absolute atomic E-state index is 12.6. The van der Waals surface area contributed by atoms with Gasteiger partial charge in [0.15, 0.2) is 0 Å². The van der Waals surface area contributed by atoms with Crippen molar-refractivity contribution < 1.29 is 19.1 Å². The Balaban J connectivity index is 0.000000161. The van der Waals surface area contributed by atoms with Gasteiger partial charge >= 0.3 is 11.9 Å². The quantitative estimate of drug-likeness (QED) is 0.206. The van der Waals surface area contributed by atoms with Crippen LogP contribution in [0.5, 0.6) is 0 Å². The first-order valence-corrected chi connectivity index (χ1v) is 25.6. The van der Waals surface area contributed by atoms with Gasteiger partial charge < -0.3 is 9.47 Å². The van der Waals surface area contributed by atoms with Crippen LogP contribution in [0.1, 0.15) is 178 Å². The molecule has 0 unspecified atom stereocenters. The third-order valence-corrected chi connectivity index (χ3v) is 19.6. The van der Waals surface area contributed by atoms with Gasteiger partial charge in [0.25, 0.3) is 0 Å². The van der Waals surface area contributed by atoms with Gasteiger partial charge in [-0.15, -0.1) is 0 Å². The maximum Gasteiger partial charge on any atom is 0.338 e. The number of allylic oxidation sites excluding steroid dienone is 8. The van der Waals surface area contributed by atoms with E-state index >= 15 is 0 Å². The molecule has 0 spiro atoms. The molecule has 8 aliphatic rings. The zero-order chi connectivity index (χ0) is 44.1. The molecule has 5 fully saturated rings. The van der Waals surface area contributed by atoms with E-state index in [0.717, 1.165) is 68.1 Å². The van der Waals surface area contributed by atoms with Crippen LogP contribution >= 0.6 is 0 Å². The van der Waals surface area contributed by atoms with Crippen LogP contribution in [0.25, 0.3) is 0 Å². The summed E-state index contributed by atoms with van der Waals surface area (Å²) in [6, 6.07) is 18.9. The summed E-state index contributed by atoms with van der Waals surface area (Å²) in [6.45, 7) is 17.2. The first kappa shape index (κ1) is 44.5. The highest BCUT2D eigenvalue weighted by atomic mass is 16.5. The molecule has 0 aromatic heterocycles. The Morgan fingerprint density at radius 2 is 1.16 bits per heavy atom. The average molecular weight is 851 g/mol. The summed E-state index contributed by atoms with van der Waals surface area (Å²) < 4.78 is 11.9. The number of rotatable bonds is 7. The monoisotopic (exact) mass is 851 g/mol. The fraction of sp³-hybridized carbons (Fsp3) is 0.627. The minimum absolute atomic E-state index is 0.0661. The number of hydrogen-bond acceptors (Lipinski definition) is 4. The third kappa shape index (κ3) is 7.88. The van der Waals surface area contributed by atoms with Crippen LogP contribution < -0.4 is 0 Å². The molecule has 8 aliphatic carbocycles. The van der Waals surface area contributed by atoms with Crippen molar-refractivity contribution in [2.24, 2.45) is 63.1 Å². The lowest BCUT2D eigenvalue weighted by atomic mass is 9.48. The predicted molar refractivity (Wildman–Crippen MR) is 256 cm³/mol. The molecular weight excluding hydrogens is 773 g/mol. The summed E-state index contributed by atoms with van der Waals surface area (Å²) in [5.41, 5.74) is 9.70. The van der Waals surface area contributed by atoms with Gasteiger partial charge in [-0.2, -0.15) is 0 Å². The number of carbonyl (C=O) groups excluding carboxylic acids is 2. The van der Waals surface area contributed by atoms with E-state index < -0.39 is 0 Å². The molecule has 4 nitrogen and oxygen atoms in total. The Kier molecular flexibility index (Phi) is 12.5. The van der Waals surface area contributed by atoms with Gasteiger partial charge in [0, 0.05) is 0 Å². The SMILES string of the molecule is C/C=C1/CC[C@H]2[C@@H]3CC[C@@H]4C[C@H](OC(=O)c5ccccc5)CC[C@]4(C)C3=CC[C@]12C.CCC[C@@H](C)C1=CC[C@H]2[C@@H]3CC[C@@H]4C[C@H](OC(=O)c5ccccc5)CC[C@]4(C)C3=CC[C@]12C. The fourth-order valence-corrected chi connectivity index (χ4v) is 16.1. The summed E-state index contributed by atoms with van der Waals surface area (Å²) in [4.78, 5) is 25.2. The number of esters is 2. The smallest absolute Gasteiger partial charge is 0.338 e. The summed E-state index contributed by atoms with van der Waals surface area (Å²) in [5.74, 6) is 4.83. The number of fused-ring (bicyclic) bond motifs is 10. The van der Waals surface area contributed by atoms with Crippen LogP contribution in [0.4, 0.5) is 0 Å². The zero-order valence-electron chi connectivity index (χ0n) is 39.9. The Hall–Kier alpha value is -3.66. The van der Waals surface area contributed by atoms with Gasteiger partial charge in [0.1, 0.15) is 12.2 Å². The maximum atomic E-state index is 12.6. The highest BCUT2D eigenvalue weighted by Gasteiger charge is 2.57. The highest BCUT2D eigenvalue weighted by Crippen LogP contribution is 2.67. The number of ether oxygens (including phenoxy) is 2. The molecule has 63 heavy (non-hydrogen) atoms. The topological polar surface area (TPSA) is 52.6 Å². The van der Waals surface area contributed by atoms with Crippen molar-refractivity contribution in [3.63, 3.8) is 0 Å². The van der Waals surface area contributed by atoms with Gasteiger partial charge in [-0.25, -0.2) is 9.59 Å². The number of benzene rings is 2. The molecule has 10 rings (SSSR count). The summed E-state index contributed by atoms with van der Waals surface area (Å²) in [5, 5.41) is 0. The molecule has 4 heteroatoms. The molecule has 2 aromatic carbocycles. The Morgan fingerprint density at radius 3 is 1.67 bits per heavy atom. The number of carbonyl (C=O) groups is 2. The summed E-state index contributed by atoms with van der Waals surface area (Å²) in [7, 11) is 0. The van der Waals surface area contributed by atoms with Gasteiger partial charge in [-0.05, 0) is 197 Å². The van der Waals surface area contributed by atoms with Crippen LogP contribution in [0.15, 0.2) is 107 Å². The van der Waals surface area contributed by atoms with Gasteiger partial charge in [0.2, 0.25) is 0 Å². The van der Waals surface area contributed by atoms with Crippen molar-refractivity contribution in [3.05, 3.63) is 118 Å². The van der Waals surface area contributed by atoms with E-state index in [9.17, 15) is 9.59 Å². The molecule has 13 atom stereocenters. The Labute approximate surface area is 380 Å². The minimum Gasteiger partial charge on any atom is -0.459 e. The molecule has 0 aliphatic heterocycles. The van der Waals surface area contributed by atoms with E-state index in [0.29, 0.717) is 39.2 Å². The van der Waals surface area contributed by atoms with Crippen molar-refractivity contribution >= 4 is 11.9 Å². The predicted octanol–water partition coefficient (Wildman–Crippen LogP) is 15.3. The molecular formula is C59H78O4. The van der Waals surface area contributed by atoms with E-state index in [2.05, 4.69) is 72.8 Å². The van der Waals surface area contributed by atoms with Crippen molar-refractivity contribution in [1.29, 1.82) is 0 Å². The van der Waals surface area contributed by atoms with E-state index in [-0.39, 0.29) is 29.6 Å². The van der Waals surface area contributed by atoms with Crippen molar-refractivity contribution in [1.82, 2.24) is 0 Å². The van der Waals surface area contributed by atoms with Crippen LogP contribution in [0.2, 0.25) is 0 Å². The number of hydrogen-bond donors (Lipinski definition) is 0. The summed E-state index contributed by atoms with van der Waals surface area (Å²) in [6.07, 6.45) is 31.1. The van der Waals surface area contributed by atoms with Gasteiger partial charge in [-0.1, -0.05) is 131 Å². The van der Waals surface area contributed by atoms with E-state index in [4.69, 9.17) is 9.47 Å². The lowest BCUT2D eigenvalue weighted by Gasteiger charge is -2.57. The third-order valence-electron chi connectivity index (χ3n) is 19.6. The molecule has 5 saturated carbocycles.